The number of furan rings is 1. The predicted molar refractivity (Wildman–Crippen MR) is 101 cm³/mol. The molecule has 0 bridgehead atoms. The summed E-state index contributed by atoms with van der Waals surface area (Å²) in [5, 5.41) is 0.871. The summed E-state index contributed by atoms with van der Waals surface area (Å²) >= 11 is 0. The maximum absolute atomic E-state index is 12.4. The first-order valence-electron chi connectivity index (χ1n) is 9.25. The second kappa shape index (κ2) is 7.82. The van der Waals surface area contributed by atoms with Crippen LogP contribution >= 0.6 is 0 Å². The molecular weight excluding hydrogens is 346 g/mol. The van der Waals surface area contributed by atoms with E-state index in [4.69, 9.17) is 4.42 Å². The number of likely N-dealkylation sites (tertiary alicyclic amines) is 1. The number of benzene rings is 1. The van der Waals surface area contributed by atoms with Crippen LogP contribution in [0.15, 0.2) is 28.7 Å². The number of hydrogen-bond acceptors (Lipinski definition) is 4. The first-order valence-corrected chi connectivity index (χ1v) is 9.25. The highest BCUT2D eigenvalue weighted by Gasteiger charge is 2.28. The van der Waals surface area contributed by atoms with E-state index >= 15 is 0 Å². The maximum atomic E-state index is 12.4. The second-order valence-electron chi connectivity index (χ2n) is 7.25. The molecule has 3 amide bonds. The molecule has 0 aliphatic carbocycles. The highest BCUT2D eigenvalue weighted by atomic mass is 16.3. The second-order valence-corrected chi connectivity index (χ2v) is 7.25. The fourth-order valence-electron chi connectivity index (χ4n) is 3.40. The van der Waals surface area contributed by atoms with Crippen LogP contribution in [0.5, 0.6) is 0 Å². The fraction of sp³-hybridized carbons (Fsp3) is 0.450. The number of rotatable bonds is 3. The van der Waals surface area contributed by atoms with Gasteiger partial charge in [-0.2, -0.15) is 0 Å². The van der Waals surface area contributed by atoms with E-state index in [2.05, 4.69) is 10.9 Å². The summed E-state index contributed by atoms with van der Waals surface area (Å²) in [7, 11) is 0. The number of aryl methyl sites for hydroxylation is 1. The van der Waals surface area contributed by atoms with Gasteiger partial charge in [0.1, 0.15) is 5.58 Å². The molecule has 1 aliphatic rings. The Bertz CT molecular complexity index is 863. The van der Waals surface area contributed by atoms with Crippen molar-refractivity contribution in [3.63, 3.8) is 0 Å². The van der Waals surface area contributed by atoms with E-state index in [1.807, 2.05) is 39.0 Å². The van der Waals surface area contributed by atoms with Crippen LogP contribution in [-0.2, 0) is 9.59 Å². The lowest BCUT2D eigenvalue weighted by atomic mass is 9.95. The molecule has 2 heterocycles. The summed E-state index contributed by atoms with van der Waals surface area (Å²) < 4.78 is 5.59. The normalized spacial score (nSPS) is 15.2. The molecular formula is C20H25N3O4. The van der Waals surface area contributed by atoms with E-state index < -0.39 is 5.91 Å². The molecule has 1 aromatic heterocycles. The molecule has 27 heavy (non-hydrogen) atoms. The first-order chi connectivity index (χ1) is 12.9. The zero-order valence-corrected chi connectivity index (χ0v) is 15.9. The Kier molecular flexibility index (Phi) is 5.48. The number of carbonyl (C=O) groups excluding carboxylic acids is 3. The van der Waals surface area contributed by atoms with Crippen molar-refractivity contribution in [2.24, 2.45) is 11.8 Å². The molecule has 7 heteroatoms. The molecule has 0 radical (unpaired) electrons. The number of para-hydroxylation sites is 1. The molecule has 3 rings (SSSR count). The minimum atomic E-state index is -0.482. The van der Waals surface area contributed by atoms with Crippen molar-refractivity contribution >= 4 is 28.7 Å². The van der Waals surface area contributed by atoms with Gasteiger partial charge in [0, 0.05) is 35.9 Å². The monoisotopic (exact) mass is 371 g/mol. The molecule has 0 atom stereocenters. The van der Waals surface area contributed by atoms with E-state index in [1.165, 1.54) is 0 Å². The summed E-state index contributed by atoms with van der Waals surface area (Å²) in [6, 6.07) is 7.40. The van der Waals surface area contributed by atoms with Gasteiger partial charge >= 0.3 is 5.91 Å². The van der Waals surface area contributed by atoms with Gasteiger partial charge in [0.2, 0.25) is 11.8 Å². The summed E-state index contributed by atoms with van der Waals surface area (Å²) in [6.07, 6.45) is 1.17. The number of piperidine rings is 1. The van der Waals surface area contributed by atoms with E-state index in [9.17, 15) is 14.4 Å². The first kappa shape index (κ1) is 18.9. The van der Waals surface area contributed by atoms with Crippen molar-refractivity contribution in [2.45, 2.75) is 33.6 Å². The molecule has 1 fully saturated rings. The standard InChI is InChI=1S/C20H25N3O4/c1-12(2)20(26)23-10-8-14(9-11-23)18(24)21-22-19(25)17-13(3)15-6-4-5-7-16(15)27-17/h4-7,12,14H,8-11H2,1-3H3,(H,21,24)(H,22,25). The van der Waals surface area contributed by atoms with E-state index in [0.717, 1.165) is 10.9 Å². The van der Waals surface area contributed by atoms with Gasteiger partial charge in [-0.05, 0) is 25.8 Å². The molecule has 0 unspecified atom stereocenters. The van der Waals surface area contributed by atoms with Gasteiger partial charge in [-0.3, -0.25) is 25.2 Å². The highest BCUT2D eigenvalue weighted by molar-refractivity contribution is 5.99. The van der Waals surface area contributed by atoms with E-state index in [0.29, 0.717) is 31.5 Å². The SMILES string of the molecule is Cc1c(C(=O)NNC(=O)C2CCN(C(=O)C(C)C)CC2)oc2ccccc12. The largest absolute Gasteiger partial charge is 0.451 e. The molecule has 2 aromatic rings. The van der Waals surface area contributed by atoms with Gasteiger partial charge in [-0.25, -0.2) is 0 Å². The van der Waals surface area contributed by atoms with Crippen LogP contribution in [-0.4, -0.2) is 35.7 Å². The molecule has 0 spiro atoms. The maximum Gasteiger partial charge on any atom is 0.305 e. The Morgan fingerprint density at radius 2 is 1.78 bits per heavy atom. The van der Waals surface area contributed by atoms with Crippen molar-refractivity contribution in [1.82, 2.24) is 15.8 Å². The van der Waals surface area contributed by atoms with E-state index in [-0.39, 0.29) is 29.4 Å². The number of nitrogens with one attached hydrogen (secondary N) is 2. The Morgan fingerprint density at radius 3 is 2.41 bits per heavy atom. The minimum Gasteiger partial charge on any atom is -0.451 e. The number of hydrogen-bond donors (Lipinski definition) is 2. The molecule has 1 aromatic carbocycles. The van der Waals surface area contributed by atoms with Crippen molar-refractivity contribution < 1.29 is 18.8 Å². The van der Waals surface area contributed by atoms with Crippen LogP contribution in [0.1, 0.15) is 42.8 Å². The van der Waals surface area contributed by atoms with Crippen molar-refractivity contribution in [2.75, 3.05) is 13.1 Å². The lowest BCUT2D eigenvalue weighted by Crippen LogP contribution is -2.48. The number of hydrazine groups is 1. The van der Waals surface area contributed by atoms with Crippen molar-refractivity contribution in [1.29, 1.82) is 0 Å². The van der Waals surface area contributed by atoms with Crippen LogP contribution in [0, 0.1) is 18.8 Å². The Morgan fingerprint density at radius 1 is 1.11 bits per heavy atom. The predicted octanol–water partition coefficient (Wildman–Crippen LogP) is 2.40. The molecule has 1 saturated heterocycles. The summed E-state index contributed by atoms with van der Waals surface area (Å²) in [4.78, 5) is 38.5. The third-order valence-electron chi connectivity index (χ3n) is 5.02. The van der Waals surface area contributed by atoms with Gasteiger partial charge in [0.15, 0.2) is 5.76 Å². The number of fused-ring (bicyclic) bond motifs is 1. The number of nitrogens with zero attached hydrogens (tertiary/aromatic N) is 1. The van der Waals surface area contributed by atoms with Crippen LogP contribution in [0.4, 0.5) is 0 Å². The third kappa shape index (κ3) is 3.97. The molecule has 0 saturated carbocycles. The smallest absolute Gasteiger partial charge is 0.305 e. The molecule has 144 valence electrons. The number of carbonyl (C=O) groups is 3. The topological polar surface area (TPSA) is 91.7 Å². The Hall–Kier alpha value is -2.83. The molecule has 1 aliphatic heterocycles. The fourth-order valence-corrected chi connectivity index (χ4v) is 3.40. The van der Waals surface area contributed by atoms with Gasteiger partial charge < -0.3 is 9.32 Å². The van der Waals surface area contributed by atoms with Crippen LogP contribution in [0.25, 0.3) is 11.0 Å². The average Bonchev–Trinajstić information content (AvgIpc) is 3.02. The van der Waals surface area contributed by atoms with Crippen LogP contribution < -0.4 is 10.9 Å². The lowest BCUT2D eigenvalue weighted by Gasteiger charge is -2.32. The summed E-state index contributed by atoms with van der Waals surface area (Å²) in [5.74, 6) is -0.686. The lowest BCUT2D eigenvalue weighted by molar-refractivity contribution is -0.138. The minimum absolute atomic E-state index is 0.0401. The van der Waals surface area contributed by atoms with Crippen molar-refractivity contribution in [3.05, 3.63) is 35.6 Å². The Balaban J connectivity index is 1.54. The van der Waals surface area contributed by atoms with E-state index in [1.54, 1.807) is 11.0 Å². The van der Waals surface area contributed by atoms with Crippen LogP contribution in [0.3, 0.4) is 0 Å². The van der Waals surface area contributed by atoms with Crippen LogP contribution in [0.2, 0.25) is 0 Å². The molecule has 7 nitrogen and oxygen atoms in total. The van der Waals surface area contributed by atoms with Gasteiger partial charge in [-0.15, -0.1) is 0 Å². The third-order valence-corrected chi connectivity index (χ3v) is 5.02. The van der Waals surface area contributed by atoms with Gasteiger partial charge in [-0.1, -0.05) is 32.0 Å². The quantitative estimate of drug-likeness (QED) is 0.811. The van der Waals surface area contributed by atoms with Gasteiger partial charge in [0.05, 0.1) is 0 Å². The zero-order valence-electron chi connectivity index (χ0n) is 15.9. The molecule has 2 N–H and O–H groups in total. The van der Waals surface area contributed by atoms with Crippen molar-refractivity contribution in [3.8, 4) is 0 Å². The summed E-state index contributed by atoms with van der Waals surface area (Å²) in [5.41, 5.74) is 6.29. The Labute approximate surface area is 158 Å². The van der Waals surface area contributed by atoms with Gasteiger partial charge in [0.25, 0.3) is 0 Å². The average molecular weight is 371 g/mol. The zero-order chi connectivity index (χ0) is 19.6. The highest BCUT2D eigenvalue weighted by Crippen LogP contribution is 2.24. The summed E-state index contributed by atoms with van der Waals surface area (Å²) in [6.45, 7) is 6.68. The number of amides is 3.